The van der Waals surface area contributed by atoms with E-state index in [2.05, 4.69) is 55.5 Å². The Bertz CT molecular complexity index is 678. The highest BCUT2D eigenvalue weighted by atomic mass is 32.2. The summed E-state index contributed by atoms with van der Waals surface area (Å²) in [6, 6.07) is 17.3. The van der Waals surface area contributed by atoms with Crippen LogP contribution in [0.15, 0.2) is 53.4 Å². The second-order valence-electron chi connectivity index (χ2n) is 6.14. The lowest BCUT2D eigenvalue weighted by Gasteiger charge is -2.06. The minimum atomic E-state index is -0.629. The Hall–Kier alpha value is -1.74. The zero-order chi connectivity index (χ0) is 16.2. The highest BCUT2D eigenvalue weighted by molar-refractivity contribution is 7.99. The minimum Gasteiger partial charge on any atom is -0.481 e. The average molecular weight is 326 g/mol. The van der Waals surface area contributed by atoms with E-state index in [9.17, 15) is 4.79 Å². The molecule has 1 aliphatic carbocycles. The Balaban J connectivity index is 1.61. The van der Waals surface area contributed by atoms with Crippen LogP contribution in [0.3, 0.4) is 0 Å². The van der Waals surface area contributed by atoms with Crippen molar-refractivity contribution < 1.29 is 9.90 Å². The van der Waals surface area contributed by atoms with E-state index in [4.69, 9.17) is 5.11 Å². The molecule has 0 amide bonds. The number of thioether (sulfide) groups is 1. The van der Waals surface area contributed by atoms with Gasteiger partial charge in [-0.05, 0) is 59.8 Å². The second-order valence-corrected chi connectivity index (χ2v) is 7.47. The van der Waals surface area contributed by atoms with Crippen LogP contribution in [0.1, 0.15) is 25.3 Å². The van der Waals surface area contributed by atoms with Crippen LogP contribution in [0.25, 0.3) is 11.1 Å². The highest BCUT2D eigenvalue weighted by Crippen LogP contribution is 2.42. The Morgan fingerprint density at radius 3 is 2.61 bits per heavy atom. The molecule has 0 aliphatic heterocycles. The fourth-order valence-corrected chi connectivity index (χ4v) is 3.74. The van der Waals surface area contributed by atoms with Gasteiger partial charge >= 0.3 is 5.97 Å². The molecule has 1 N–H and O–H groups in total. The normalized spacial score (nSPS) is 19.5. The molecule has 2 aromatic rings. The Morgan fingerprint density at radius 2 is 1.96 bits per heavy atom. The summed E-state index contributed by atoms with van der Waals surface area (Å²) in [6.07, 6.45) is 2.81. The monoisotopic (exact) mass is 326 g/mol. The van der Waals surface area contributed by atoms with Crippen molar-refractivity contribution in [3.05, 3.63) is 54.1 Å². The second kappa shape index (κ2) is 7.22. The molecule has 2 nitrogen and oxygen atoms in total. The van der Waals surface area contributed by atoms with Gasteiger partial charge in [0.2, 0.25) is 0 Å². The van der Waals surface area contributed by atoms with E-state index in [1.807, 2.05) is 11.8 Å². The van der Waals surface area contributed by atoms with Crippen LogP contribution in [-0.2, 0) is 11.2 Å². The summed E-state index contributed by atoms with van der Waals surface area (Å²) < 4.78 is 0. The summed E-state index contributed by atoms with van der Waals surface area (Å²) in [6.45, 7) is 2.17. The molecular weight excluding hydrogens is 304 g/mol. The fourth-order valence-electron chi connectivity index (χ4n) is 3.02. The first-order valence-electron chi connectivity index (χ1n) is 8.22. The zero-order valence-corrected chi connectivity index (χ0v) is 14.2. The largest absolute Gasteiger partial charge is 0.481 e. The smallest absolute Gasteiger partial charge is 0.306 e. The summed E-state index contributed by atoms with van der Waals surface area (Å²) >= 11 is 1.86. The van der Waals surface area contributed by atoms with E-state index in [1.54, 1.807) is 0 Å². The maximum absolute atomic E-state index is 10.9. The van der Waals surface area contributed by atoms with Gasteiger partial charge in [0, 0.05) is 4.90 Å². The number of aliphatic carboxylic acids is 1. The molecule has 3 rings (SSSR count). The van der Waals surface area contributed by atoms with Gasteiger partial charge in [-0.1, -0.05) is 43.3 Å². The van der Waals surface area contributed by atoms with Gasteiger partial charge in [0.15, 0.2) is 0 Å². The summed E-state index contributed by atoms with van der Waals surface area (Å²) in [5.74, 6) is 0.749. The minimum absolute atomic E-state index is 0.0897. The Kier molecular flexibility index (Phi) is 5.06. The third-order valence-electron chi connectivity index (χ3n) is 4.48. The summed E-state index contributed by atoms with van der Waals surface area (Å²) in [4.78, 5) is 12.2. The number of rotatable bonds is 7. The highest BCUT2D eigenvalue weighted by Gasteiger charge is 2.42. The van der Waals surface area contributed by atoms with Crippen LogP contribution in [0.4, 0.5) is 0 Å². The number of hydrogen-bond donors (Lipinski definition) is 1. The predicted octanol–water partition coefficient (Wildman–Crippen LogP) is 5.12. The maximum Gasteiger partial charge on any atom is 0.306 e. The van der Waals surface area contributed by atoms with Gasteiger partial charge in [0.1, 0.15) is 0 Å². The van der Waals surface area contributed by atoms with Crippen LogP contribution in [0.2, 0.25) is 0 Å². The van der Waals surface area contributed by atoms with Crippen molar-refractivity contribution in [3.63, 3.8) is 0 Å². The molecule has 0 spiro atoms. The first-order valence-corrected chi connectivity index (χ1v) is 9.21. The van der Waals surface area contributed by atoms with Crippen molar-refractivity contribution in [3.8, 4) is 11.1 Å². The molecule has 0 bridgehead atoms. The van der Waals surface area contributed by atoms with E-state index in [0.717, 1.165) is 25.0 Å². The SMILES string of the molecule is CCSc1cccc(-c2ccc(CC[C@@H]3C[C@H]3C(=O)O)cc2)c1. The average Bonchev–Trinajstić information content (AvgIpc) is 3.34. The summed E-state index contributed by atoms with van der Waals surface area (Å²) in [5.41, 5.74) is 3.79. The van der Waals surface area contributed by atoms with Crippen molar-refractivity contribution in [1.82, 2.24) is 0 Å². The van der Waals surface area contributed by atoms with Gasteiger partial charge in [0.05, 0.1) is 5.92 Å². The molecule has 2 aromatic carbocycles. The molecule has 0 saturated heterocycles. The number of benzene rings is 2. The van der Waals surface area contributed by atoms with Crippen LogP contribution < -0.4 is 0 Å². The fraction of sp³-hybridized carbons (Fsp3) is 0.350. The number of carboxylic acid groups (broad SMARTS) is 1. The molecule has 1 saturated carbocycles. The predicted molar refractivity (Wildman–Crippen MR) is 95.8 cm³/mol. The first-order chi connectivity index (χ1) is 11.2. The van der Waals surface area contributed by atoms with Gasteiger partial charge in [-0.15, -0.1) is 11.8 Å². The molecule has 0 aromatic heterocycles. The molecule has 1 fully saturated rings. The molecule has 23 heavy (non-hydrogen) atoms. The summed E-state index contributed by atoms with van der Waals surface area (Å²) in [7, 11) is 0. The lowest BCUT2D eigenvalue weighted by atomic mass is 10.0. The third kappa shape index (κ3) is 4.17. The molecule has 0 heterocycles. The third-order valence-corrected chi connectivity index (χ3v) is 5.35. The van der Waals surface area contributed by atoms with Gasteiger partial charge in [-0.25, -0.2) is 0 Å². The Morgan fingerprint density at radius 1 is 1.17 bits per heavy atom. The van der Waals surface area contributed by atoms with Gasteiger partial charge in [-0.2, -0.15) is 0 Å². The van der Waals surface area contributed by atoms with Gasteiger partial charge in [0.25, 0.3) is 0 Å². The van der Waals surface area contributed by atoms with Crippen LogP contribution >= 0.6 is 11.8 Å². The van der Waals surface area contributed by atoms with Crippen LogP contribution in [-0.4, -0.2) is 16.8 Å². The molecule has 120 valence electrons. The first kappa shape index (κ1) is 16.1. The number of aryl methyl sites for hydroxylation is 1. The van der Waals surface area contributed by atoms with Crippen molar-refractivity contribution in [2.75, 3.05) is 5.75 Å². The molecular formula is C20H22O2S. The number of carboxylic acids is 1. The molecule has 1 aliphatic rings. The number of carbonyl (C=O) groups is 1. The lowest BCUT2D eigenvalue weighted by Crippen LogP contribution is -2.00. The van der Waals surface area contributed by atoms with E-state index in [0.29, 0.717) is 5.92 Å². The molecule has 2 atom stereocenters. The standard InChI is InChI=1S/C20H22O2S/c1-2-23-18-5-3-4-16(12-18)15-9-6-14(7-10-15)8-11-17-13-19(17)20(21)22/h3-7,9-10,12,17,19H,2,8,11,13H2,1H3,(H,21,22)/t17-,19-/m1/s1. The van der Waals surface area contributed by atoms with Gasteiger partial charge in [-0.3, -0.25) is 4.79 Å². The quantitative estimate of drug-likeness (QED) is 0.718. The van der Waals surface area contributed by atoms with E-state index in [1.165, 1.54) is 21.6 Å². The topological polar surface area (TPSA) is 37.3 Å². The van der Waals surface area contributed by atoms with Crippen molar-refractivity contribution in [1.29, 1.82) is 0 Å². The Labute approximate surface area is 141 Å². The van der Waals surface area contributed by atoms with E-state index < -0.39 is 5.97 Å². The van der Waals surface area contributed by atoms with Crippen LogP contribution in [0.5, 0.6) is 0 Å². The van der Waals surface area contributed by atoms with Crippen molar-refractivity contribution in [2.24, 2.45) is 11.8 Å². The van der Waals surface area contributed by atoms with Gasteiger partial charge < -0.3 is 5.11 Å². The zero-order valence-electron chi connectivity index (χ0n) is 13.4. The lowest BCUT2D eigenvalue weighted by molar-refractivity contribution is -0.138. The van der Waals surface area contributed by atoms with Crippen LogP contribution in [0, 0.1) is 11.8 Å². The van der Waals surface area contributed by atoms with Crippen molar-refractivity contribution >= 4 is 17.7 Å². The molecule has 3 heteroatoms. The number of hydrogen-bond acceptors (Lipinski definition) is 2. The maximum atomic E-state index is 10.9. The molecule has 0 unspecified atom stereocenters. The molecule has 0 radical (unpaired) electrons. The van der Waals surface area contributed by atoms with E-state index >= 15 is 0 Å². The van der Waals surface area contributed by atoms with E-state index in [-0.39, 0.29) is 5.92 Å². The van der Waals surface area contributed by atoms with Crippen molar-refractivity contribution in [2.45, 2.75) is 31.1 Å². The summed E-state index contributed by atoms with van der Waals surface area (Å²) in [5, 5.41) is 8.94.